The van der Waals surface area contributed by atoms with Crippen LogP contribution in [0.5, 0.6) is 0 Å². The van der Waals surface area contributed by atoms with Crippen molar-refractivity contribution in [1.82, 2.24) is 15.0 Å². The number of hydrogen-bond acceptors (Lipinski definition) is 5. The Morgan fingerprint density at radius 3 is 2.07 bits per heavy atom. The van der Waals surface area contributed by atoms with Crippen LogP contribution in [0.15, 0.2) is 59.8 Å². The maximum Gasteiger partial charge on any atom is 0.435 e. The number of aromatic nitrogens is 3. The van der Waals surface area contributed by atoms with E-state index in [1.807, 2.05) is 0 Å². The van der Waals surface area contributed by atoms with Crippen molar-refractivity contribution in [3.05, 3.63) is 82.0 Å². The number of amides is 1. The molecule has 0 aliphatic rings. The minimum absolute atomic E-state index is 0.113. The van der Waals surface area contributed by atoms with E-state index in [0.29, 0.717) is 10.7 Å². The summed E-state index contributed by atoms with van der Waals surface area (Å²) in [5.41, 5.74) is -16.5. The summed E-state index contributed by atoms with van der Waals surface area (Å²) in [6, 6.07) is 6.35. The first-order valence-corrected chi connectivity index (χ1v) is 10.7. The number of nitroso groups, excluding NO2 is 1. The highest BCUT2D eigenvalue weighted by Gasteiger charge is 2.73. The van der Waals surface area contributed by atoms with Gasteiger partial charge in [0.1, 0.15) is 11.2 Å². The molecule has 3 aromatic carbocycles. The quantitative estimate of drug-likeness (QED) is 0.191. The molecule has 0 spiro atoms. The zero-order chi connectivity index (χ0) is 30.5. The van der Waals surface area contributed by atoms with Crippen LogP contribution in [-0.4, -0.2) is 33.3 Å². The molecule has 7 nitrogen and oxygen atoms in total. The predicted octanol–water partition coefficient (Wildman–Crippen LogP) is 7.52. The molecule has 0 radical (unpaired) electrons. The Labute approximate surface area is 219 Å². The van der Waals surface area contributed by atoms with E-state index in [9.17, 15) is 58.0 Å². The summed E-state index contributed by atoms with van der Waals surface area (Å²) >= 11 is 0. The number of halogens is 11. The molecule has 41 heavy (non-hydrogen) atoms. The molecule has 18 heteroatoms. The lowest BCUT2D eigenvalue weighted by Crippen LogP contribution is -2.50. The molecule has 4 aromatic rings. The van der Waals surface area contributed by atoms with Gasteiger partial charge in [-0.3, -0.25) is 4.79 Å². The van der Waals surface area contributed by atoms with Crippen LogP contribution < -0.4 is 5.32 Å². The predicted molar refractivity (Wildman–Crippen MR) is 119 cm³/mol. The molecule has 1 heterocycles. The number of nitrogens with zero attached hydrogens (tertiary/aromatic N) is 4. The summed E-state index contributed by atoms with van der Waals surface area (Å²) in [6.07, 6.45) is -19.4. The maximum atomic E-state index is 15.0. The Morgan fingerprint density at radius 1 is 0.854 bits per heavy atom. The van der Waals surface area contributed by atoms with Crippen molar-refractivity contribution in [3.8, 4) is 5.69 Å². The third-order valence-electron chi connectivity index (χ3n) is 5.74. The van der Waals surface area contributed by atoms with Gasteiger partial charge in [-0.1, -0.05) is 23.4 Å². The molecular formula is C23H10F11N5O2. The van der Waals surface area contributed by atoms with Gasteiger partial charge in [-0.05, 0) is 41.6 Å². The minimum Gasteiger partial charge on any atom is -0.319 e. The summed E-state index contributed by atoms with van der Waals surface area (Å²) in [6.45, 7) is 0. The second kappa shape index (κ2) is 9.77. The molecule has 0 saturated carbocycles. The summed E-state index contributed by atoms with van der Waals surface area (Å²) in [7, 11) is 0. The molecule has 4 rings (SSSR count). The monoisotopic (exact) mass is 597 g/mol. The fourth-order valence-corrected chi connectivity index (χ4v) is 3.83. The summed E-state index contributed by atoms with van der Waals surface area (Å²) in [5.74, 6) is -3.33. The van der Waals surface area contributed by atoms with E-state index in [2.05, 4.69) is 15.5 Å². The fraction of sp³-hybridized carbons (Fsp3) is 0.174. The molecule has 0 unspecified atom stereocenters. The average Bonchev–Trinajstić information content (AvgIpc) is 3.30. The highest BCUT2D eigenvalue weighted by molar-refractivity contribution is 6.06. The van der Waals surface area contributed by atoms with Gasteiger partial charge in [-0.15, -0.1) is 10.0 Å². The van der Waals surface area contributed by atoms with E-state index in [-0.39, 0.29) is 17.1 Å². The van der Waals surface area contributed by atoms with Gasteiger partial charge < -0.3 is 5.32 Å². The van der Waals surface area contributed by atoms with Crippen molar-refractivity contribution < 1.29 is 53.1 Å². The zero-order valence-corrected chi connectivity index (χ0v) is 19.5. The lowest BCUT2D eigenvalue weighted by Gasteiger charge is -2.31. The van der Waals surface area contributed by atoms with Gasteiger partial charge in [-0.2, -0.15) is 39.5 Å². The van der Waals surface area contributed by atoms with Crippen molar-refractivity contribution in [2.24, 2.45) is 5.18 Å². The highest BCUT2D eigenvalue weighted by Crippen LogP contribution is 2.55. The first-order valence-electron chi connectivity index (χ1n) is 10.7. The van der Waals surface area contributed by atoms with Crippen LogP contribution in [0.1, 0.15) is 21.5 Å². The van der Waals surface area contributed by atoms with Crippen molar-refractivity contribution in [2.75, 3.05) is 5.32 Å². The molecule has 0 aliphatic carbocycles. The van der Waals surface area contributed by atoms with Crippen LogP contribution in [0.25, 0.3) is 16.7 Å². The number of para-hydroxylation sites is 1. The molecule has 1 N–H and O–H groups in total. The number of nitrogens with one attached hydrogen (secondary N) is 1. The number of alkyl halides is 10. The van der Waals surface area contributed by atoms with E-state index >= 15 is 0 Å². The van der Waals surface area contributed by atoms with Gasteiger partial charge in [0.2, 0.25) is 0 Å². The van der Waals surface area contributed by atoms with Crippen LogP contribution in [0, 0.1) is 10.7 Å². The highest BCUT2D eigenvalue weighted by atomic mass is 19.4. The van der Waals surface area contributed by atoms with Gasteiger partial charge in [0, 0.05) is 5.56 Å². The Bertz CT molecular complexity index is 1640. The third-order valence-corrected chi connectivity index (χ3v) is 5.74. The number of hydrogen-bond donors (Lipinski definition) is 1. The van der Waals surface area contributed by atoms with E-state index in [0.717, 1.165) is 18.2 Å². The largest absolute Gasteiger partial charge is 0.435 e. The minimum atomic E-state index is -6.80. The average molecular weight is 597 g/mol. The summed E-state index contributed by atoms with van der Waals surface area (Å²) < 4.78 is 154. The van der Waals surface area contributed by atoms with E-state index < -0.39 is 75.7 Å². The van der Waals surface area contributed by atoms with E-state index in [1.54, 1.807) is 5.32 Å². The van der Waals surface area contributed by atoms with Crippen LogP contribution in [0.4, 0.5) is 59.7 Å². The number of benzene rings is 3. The van der Waals surface area contributed by atoms with Crippen molar-refractivity contribution in [1.29, 1.82) is 0 Å². The molecule has 0 fully saturated rings. The van der Waals surface area contributed by atoms with Crippen LogP contribution in [0.3, 0.4) is 0 Å². The van der Waals surface area contributed by atoms with Crippen molar-refractivity contribution in [2.45, 2.75) is 24.2 Å². The first-order chi connectivity index (χ1) is 18.9. The topological polar surface area (TPSA) is 89.2 Å². The molecule has 0 saturated heterocycles. The Kier molecular flexibility index (Phi) is 6.99. The van der Waals surface area contributed by atoms with Gasteiger partial charge in [0.05, 0.1) is 28.0 Å². The number of fused-ring (bicyclic) bond motifs is 1. The number of anilines is 1. The Balaban J connectivity index is 2.10. The number of carbonyl (C=O) groups is 1. The Morgan fingerprint density at radius 2 is 1.49 bits per heavy atom. The number of carbonyl (C=O) groups excluding carboxylic acids is 1. The zero-order valence-electron chi connectivity index (χ0n) is 19.5. The summed E-state index contributed by atoms with van der Waals surface area (Å²) in [5, 5.41) is 10.9. The van der Waals surface area contributed by atoms with Gasteiger partial charge in [0.15, 0.2) is 5.82 Å². The summed E-state index contributed by atoms with van der Waals surface area (Å²) in [4.78, 5) is 23.6. The standard InChI is InChI=1S/C23H10F11N5O2/c24-17-11(4-3-6-14(17)37-41)19(40)35-18-12(21(26,27)28)8-10(20(25,22(29,30)31)23(32,33)34)9-16(18)39-15-7-2-1-5-13(15)36-38-39/h1-9H,(H,35,40). The lowest BCUT2D eigenvalue weighted by atomic mass is 9.91. The Hall–Kier alpha value is -4.64. The maximum absolute atomic E-state index is 15.0. The molecule has 0 aliphatic heterocycles. The van der Waals surface area contributed by atoms with Crippen LogP contribution in [0.2, 0.25) is 0 Å². The van der Waals surface area contributed by atoms with Crippen molar-refractivity contribution in [3.63, 3.8) is 0 Å². The fourth-order valence-electron chi connectivity index (χ4n) is 3.83. The smallest absolute Gasteiger partial charge is 0.319 e. The normalized spacial score (nSPS) is 13.0. The van der Waals surface area contributed by atoms with Gasteiger partial charge in [0.25, 0.3) is 5.91 Å². The molecule has 1 aromatic heterocycles. The molecular weight excluding hydrogens is 587 g/mol. The lowest BCUT2D eigenvalue weighted by molar-refractivity contribution is -0.348. The van der Waals surface area contributed by atoms with Gasteiger partial charge in [-0.25, -0.2) is 13.5 Å². The third kappa shape index (κ3) is 4.93. The van der Waals surface area contributed by atoms with Crippen LogP contribution >= 0.6 is 0 Å². The second-order valence-electron chi connectivity index (χ2n) is 8.24. The van der Waals surface area contributed by atoms with E-state index in [1.165, 1.54) is 18.2 Å². The van der Waals surface area contributed by atoms with Gasteiger partial charge >= 0.3 is 24.2 Å². The van der Waals surface area contributed by atoms with Crippen LogP contribution in [-0.2, 0) is 11.8 Å². The molecule has 0 bridgehead atoms. The SMILES string of the molecule is O=Nc1cccc(C(=O)Nc2c(-n3nnc4ccccc43)cc(C(F)(C(F)(F)F)C(F)(F)F)cc2C(F)(F)F)c1F. The number of rotatable bonds is 5. The van der Waals surface area contributed by atoms with Crippen molar-refractivity contribution >= 4 is 28.3 Å². The first kappa shape index (κ1) is 29.3. The molecule has 0 atom stereocenters. The molecule has 216 valence electrons. The van der Waals surface area contributed by atoms with E-state index in [4.69, 9.17) is 0 Å². The molecule has 1 amide bonds. The second-order valence-corrected chi connectivity index (χ2v) is 8.24.